The fourth-order valence-electron chi connectivity index (χ4n) is 3.76. The van der Waals surface area contributed by atoms with Crippen molar-refractivity contribution in [3.63, 3.8) is 0 Å². The Balaban J connectivity index is 1.36. The van der Waals surface area contributed by atoms with Crippen LogP contribution >= 0.6 is 11.6 Å². The van der Waals surface area contributed by atoms with Gasteiger partial charge in [0.1, 0.15) is 0 Å². The molecule has 1 heterocycles. The third-order valence-electron chi connectivity index (χ3n) is 4.88. The molecular weight excluding hydrogens is 328 g/mol. The second-order valence-electron chi connectivity index (χ2n) is 7.04. The van der Waals surface area contributed by atoms with Crippen LogP contribution in [0, 0.1) is 5.41 Å². The zero-order valence-electron chi connectivity index (χ0n) is 13.8. The van der Waals surface area contributed by atoms with Crippen molar-refractivity contribution in [1.29, 1.82) is 0 Å². The predicted octanol–water partition coefficient (Wildman–Crippen LogP) is 2.07. The minimum absolute atomic E-state index is 0.0880. The van der Waals surface area contributed by atoms with E-state index < -0.39 is 11.8 Å². The molecule has 2 N–H and O–H groups in total. The van der Waals surface area contributed by atoms with Crippen molar-refractivity contribution in [3.05, 3.63) is 34.9 Å². The van der Waals surface area contributed by atoms with E-state index in [1.54, 1.807) is 6.07 Å². The molecule has 0 bridgehead atoms. The molecule has 6 heteroatoms. The van der Waals surface area contributed by atoms with Gasteiger partial charge in [-0.15, -0.1) is 0 Å². The van der Waals surface area contributed by atoms with Gasteiger partial charge in [0.05, 0.1) is 12.7 Å². The van der Waals surface area contributed by atoms with E-state index in [0.717, 1.165) is 31.4 Å². The molecule has 2 fully saturated rings. The number of nitrogens with one attached hydrogen (secondary N) is 2. The third-order valence-corrected chi connectivity index (χ3v) is 5.12. The first-order valence-electron chi connectivity index (χ1n) is 8.41. The van der Waals surface area contributed by atoms with E-state index in [0.29, 0.717) is 24.1 Å². The van der Waals surface area contributed by atoms with Crippen LogP contribution in [0.1, 0.15) is 31.7 Å². The molecule has 0 radical (unpaired) electrons. The SMILES string of the molecule is CC1CC2(CO1)CC(NC(=O)C(=O)NCCc1cccc(Cl)c1)C2. The van der Waals surface area contributed by atoms with Crippen LogP contribution in [0.2, 0.25) is 5.02 Å². The highest BCUT2D eigenvalue weighted by molar-refractivity contribution is 6.35. The van der Waals surface area contributed by atoms with E-state index in [4.69, 9.17) is 16.3 Å². The van der Waals surface area contributed by atoms with Crippen molar-refractivity contribution in [1.82, 2.24) is 10.6 Å². The standard InChI is InChI=1S/C18H23ClN2O3/c1-12-8-18(11-24-12)9-15(10-18)21-17(23)16(22)20-6-5-13-3-2-4-14(19)7-13/h2-4,7,12,15H,5-6,8-11H2,1H3,(H,20,22)(H,21,23). The summed E-state index contributed by atoms with van der Waals surface area (Å²) in [7, 11) is 0. The Morgan fingerprint density at radius 2 is 2.08 bits per heavy atom. The molecule has 1 spiro atoms. The predicted molar refractivity (Wildman–Crippen MR) is 91.8 cm³/mol. The average Bonchev–Trinajstić information content (AvgIpc) is 2.89. The summed E-state index contributed by atoms with van der Waals surface area (Å²) in [6.07, 6.45) is 3.79. The van der Waals surface area contributed by atoms with E-state index in [-0.39, 0.29) is 11.5 Å². The van der Waals surface area contributed by atoms with Crippen LogP contribution in [0.5, 0.6) is 0 Å². The smallest absolute Gasteiger partial charge is 0.309 e. The molecule has 0 aromatic heterocycles. The van der Waals surface area contributed by atoms with Crippen molar-refractivity contribution < 1.29 is 14.3 Å². The first-order chi connectivity index (χ1) is 11.5. The zero-order chi connectivity index (χ0) is 17.2. The van der Waals surface area contributed by atoms with E-state index in [1.165, 1.54) is 0 Å². The van der Waals surface area contributed by atoms with Crippen LogP contribution in [0.15, 0.2) is 24.3 Å². The fourth-order valence-corrected chi connectivity index (χ4v) is 3.98. The first-order valence-corrected chi connectivity index (χ1v) is 8.78. The maximum Gasteiger partial charge on any atom is 0.309 e. The summed E-state index contributed by atoms with van der Waals surface area (Å²) < 4.78 is 5.61. The second-order valence-corrected chi connectivity index (χ2v) is 7.48. The van der Waals surface area contributed by atoms with Crippen LogP contribution in [-0.2, 0) is 20.7 Å². The number of benzene rings is 1. The fraction of sp³-hybridized carbons (Fsp3) is 0.556. The molecule has 1 aliphatic carbocycles. The van der Waals surface area contributed by atoms with Gasteiger partial charge in [0.15, 0.2) is 0 Å². The number of rotatable bonds is 4. The Morgan fingerprint density at radius 3 is 2.75 bits per heavy atom. The third kappa shape index (κ3) is 4.08. The van der Waals surface area contributed by atoms with Gasteiger partial charge in [-0.3, -0.25) is 9.59 Å². The van der Waals surface area contributed by atoms with E-state index in [1.807, 2.05) is 18.2 Å². The second kappa shape index (κ2) is 7.11. The Kier molecular flexibility index (Phi) is 5.11. The molecule has 1 unspecified atom stereocenters. The summed E-state index contributed by atoms with van der Waals surface area (Å²) in [5.74, 6) is -1.12. The largest absolute Gasteiger partial charge is 0.378 e. The number of halogens is 1. The maximum absolute atomic E-state index is 11.9. The first kappa shape index (κ1) is 17.2. The number of carbonyl (C=O) groups is 2. The Hall–Kier alpha value is -1.59. The molecule has 1 aliphatic heterocycles. The van der Waals surface area contributed by atoms with Gasteiger partial charge in [-0.25, -0.2) is 0 Å². The highest BCUT2D eigenvalue weighted by Gasteiger charge is 2.49. The molecule has 1 atom stereocenters. The lowest BCUT2D eigenvalue weighted by atomic mass is 9.64. The maximum atomic E-state index is 11.9. The molecule has 1 saturated carbocycles. The normalized spacial score (nSPS) is 28.4. The minimum Gasteiger partial charge on any atom is -0.378 e. The van der Waals surface area contributed by atoms with Gasteiger partial charge in [-0.1, -0.05) is 23.7 Å². The quantitative estimate of drug-likeness (QED) is 0.817. The topological polar surface area (TPSA) is 67.4 Å². The van der Waals surface area contributed by atoms with Crippen LogP contribution < -0.4 is 10.6 Å². The molecule has 24 heavy (non-hydrogen) atoms. The number of hydrogen-bond acceptors (Lipinski definition) is 3. The van der Waals surface area contributed by atoms with Crippen LogP contribution in [0.3, 0.4) is 0 Å². The van der Waals surface area contributed by atoms with E-state index in [9.17, 15) is 9.59 Å². The van der Waals surface area contributed by atoms with Crippen LogP contribution in [0.4, 0.5) is 0 Å². The van der Waals surface area contributed by atoms with Gasteiger partial charge < -0.3 is 15.4 Å². The van der Waals surface area contributed by atoms with Gasteiger partial charge >= 0.3 is 11.8 Å². The summed E-state index contributed by atoms with van der Waals surface area (Å²) in [5.41, 5.74) is 1.25. The number of hydrogen-bond donors (Lipinski definition) is 2. The molecule has 1 saturated heterocycles. The van der Waals surface area contributed by atoms with Crippen LogP contribution in [-0.4, -0.2) is 37.1 Å². The van der Waals surface area contributed by atoms with Gasteiger partial charge in [-0.05, 0) is 50.3 Å². The highest BCUT2D eigenvalue weighted by Crippen LogP contribution is 2.49. The lowest BCUT2D eigenvalue weighted by molar-refractivity contribution is -0.140. The summed E-state index contributed by atoms with van der Waals surface area (Å²) in [6.45, 7) is 3.26. The van der Waals surface area contributed by atoms with Gasteiger partial charge in [0.25, 0.3) is 0 Å². The van der Waals surface area contributed by atoms with Crippen molar-refractivity contribution in [2.24, 2.45) is 5.41 Å². The Labute approximate surface area is 147 Å². The van der Waals surface area contributed by atoms with Gasteiger partial charge in [0.2, 0.25) is 0 Å². The molecule has 2 amide bonds. The Morgan fingerprint density at radius 1 is 1.29 bits per heavy atom. The number of amides is 2. The summed E-state index contributed by atoms with van der Waals surface area (Å²) in [4.78, 5) is 23.8. The molecular formula is C18H23ClN2O3. The zero-order valence-corrected chi connectivity index (χ0v) is 14.6. The number of ether oxygens (including phenoxy) is 1. The van der Waals surface area contributed by atoms with Crippen molar-refractivity contribution in [2.75, 3.05) is 13.2 Å². The van der Waals surface area contributed by atoms with Crippen molar-refractivity contribution in [3.8, 4) is 0 Å². The van der Waals surface area contributed by atoms with Crippen LogP contribution in [0.25, 0.3) is 0 Å². The molecule has 2 aliphatic rings. The molecule has 3 rings (SSSR count). The highest BCUT2D eigenvalue weighted by atomic mass is 35.5. The van der Waals surface area contributed by atoms with Gasteiger partial charge in [-0.2, -0.15) is 0 Å². The Bertz CT molecular complexity index is 628. The lowest BCUT2D eigenvalue weighted by Crippen LogP contribution is -2.54. The summed E-state index contributed by atoms with van der Waals surface area (Å²) in [5, 5.41) is 6.13. The van der Waals surface area contributed by atoms with Gasteiger partial charge in [0, 0.05) is 23.0 Å². The average molecular weight is 351 g/mol. The summed E-state index contributed by atoms with van der Waals surface area (Å²) >= 11 is 5.92. The molecule has 1 aromatic carbocycles. The minimum atomic E-state index is -0.575. The van der Waals surface area contributed by atoms with E-state index in [2.05, 4.69) is 17.6 Å². The molecule has 5 nitrogen and oxygen atoms in total. The molecule has 1 aromatic rings. The number of carbonyl (C=O) groups excluding carboxylic acids is 2. The lowest BCUT2D eigenvalue weighted by Gasteiger charge is -2.44. The monoisotopic (exact) mass is 350 g/mol. The van der Waals surface area contributed by atoms with Crippen molar-refractivity contribution >= 4 is 23.4 Å². The summed E-state index contributed by atoms with van der Waals surface area (Å²) in [6, 6.07) is 7.55. The van der Waals surface area contributed by atoms with Crippen molar-refractivity contribution in [2.45, 2.75) is 44.8 Å². The van der Waals surface area contributed by atoms with E-state index >= 15 is 0 Å². The molecule has 130 valence electrons.